The Morgan fingerprint density at radius 1 is 0.566 bits per heavy atom. The Bertz CT molecular complexity index is 2640. The Labute approximate surface area is 332 Å². The third kappa shape index (κ3) is 7.56. The Balaban J connectivity index is 0.000000164. The fraction of sp³-hybridized carbons (Fsp3) is 0.0667. The lowest BCUT2D eigenvalue weighted by molar-refractivity contribution is 0.103. The van der Waals surface area contributed by atoms with Gasteiger partial charge in [0.1, 0.15) is 5.75 Å². The number of carbonyl (C=O) groups excluding carboxylic acids is 2. The van der Waals surface area contributed by atoms with Crippen LogP contribution in [0.25, 0.3) is 42.4 Å². The van der Waals surface area contributed by atoms with E-state index in [4.69, 9.17) is 0 Å². The molecule has 0 atom stereocenters. The van der Waals surface area contributed by atoms with Gasteiger partial charge in [-0.25, -0.2) is 0 Å². The molecule has 0 saturated heterocycles. The van der Waals surface area contributed by atoms with E-state index in [9.17, 15) is 19.8 Å². The number of thiophene rings is 2. The van der Waals surface area contributed by atoms with Gasteiger partial charge < -0.3 is 10.2 Å². The number of aliphatic hydroxyl groups is 1. The van der Waals surface area contributed by atoms with E-state index in [0.717, 1.165) is 78.5 Å². The normalized spacial score (nSPS) is 11.0. The molecule has 2 aromatic heterocycles. The summed E-state index contributed by atoms with van der Waals surface area (Å²) in [6.45, 7) is 3.90. The van der Waals surface area contributed by atoms with E-state index < -0.39 is 0 Å². The minimum atomic E-state index is -0.0114. The van der Waals surface area contributed by atoms with Crippen molar-refractivity contribution in [3.63, 3.8) is 0 Å². The summed E-state index contributed by atoms with van der Waals surface area (Å²) in [5, 5.41) is 21.3. The second-order valence-electron chi connectivity index (χ2n) is 12.6. The van der Waals surface area contributed by atoms with Crippen molar-refractivity contribution in [3.8, 4) is 28.0 Å². The molecule has 8 aromatic rings. The smallest absolute Gasteiger partial charge is 0.203 e. The van der Waals surface area contributed by atoms with Crippen LogP contribution >= 0.6 is 54.5 Å². The summed E-state index contributed by atoms with van der Waals surface area (Å²) >= 11 is 9.86. The van der Waals surface area contributed by atoms with Crippen molar-refractivity contribution in [2.24, 2.45) is 0 Å². The van der Waals surface area contributed by atoms with Gasteiger partial charge in [0.05, 0.1) is 16.4 Å². The number of aliphatic hydroxyl groups excluding tert-OH is 1. The highest BCUT2D eigenvalue weighted by molar-refractivity contribution is 9.10. The van der Waals surface area contributed by atoms with Gasteiger partial charge in [-0.3, -0.25) is 9.59 Å². The minimum Gasteiger partial charge on any atom is -0.508 e. The van der Waals surface area contributed by atoms with Crippen LogP contribution in [0.4, 0.5) is 0 Å². The number of rotatable bonds is 7. The molecule has 262 valence electrons. The summed E-state index contributed by atoms with van der Waals surface area (Å²) < 4.78 is 3.90. The highest BCUT2D eigenvalue weighted by atomic mass is 79.9. The highest BCUT2D eigenvalue weighted by Gasteiger charge is 2.24. The standard InChI is InChI=1S/C23H17BrO2S.C22H15BrO2S/c1-14-4-2-3-5-18(14)22(26)23-21(16-7-9-17(24)10-8-16)19-11-6-15(13-25)12-20(19)27-23;1-13-4-2-3-5-17(13)21(25)22-20(14-6-8-15(23)9-7-14)18-11-10-16(24)12-19(18)26-22/h2-12,25H,13H2,1H3;2-12,24H,1H3. The molecule has 0 amide bonds. The number of hydrogen-bond donors (Lipinski definition) is 2. The highest BCUT2D eigenvalue weighted by Crippen LogP contribution is 2.43. The molecule has 0 saturated carbocycles. The second kappa shape index (κ2) is 15.7. The van der Waals surface area contributed by atoms with Crippen molar-refractivity contribution in [1.82, 2.24) is 0 Å². The van der Waals surface area contributed by atoms with Crippen molar-refractivity contribution < 1.29 is 19.8 Å². The van der Waals surface area contributed by atoms with E-state index in [1.165, 1.54) is 22.7 Å². The molecule has 8 heteroatoms. The van der Waals surface area contributed by atoms with Crippen LogP contribution in [0.1, 0.15) is 47.2 Å². The molecule has 0 fully saturated rings. The van der Waals surface area contributed by atoms with Crippen molar-refractivity contribution in [1.29, 1.82) is 0 Å². The van der Waals surface area contributed by atoms with Crippen LogP contribution in [0.2, 0.25) is 0 Å². The van der Waals surface area contributed by atoms with Crippen LogP contribution in [0, 0.1) is 13.8 Å². The molecule has 8 rings (SSSR count). The largest absolute Gasteiger partial charge is 0.508 e. The molecule has 0 aliphatic rings. The van der Waals surface area contributed by atoms with Crippen LogP contribution < -0.4 is 0 Å². The zero-order valence-corrected chi connectivity index (χ0v) is 33.5. The van der Waals surface area contributed by atoms with Gasteiger partial charge in [0, 0.05) is 51.4 Å². The van der Waals surface area contributed by atoms with Gasteiger partial charge in [0.2, 0.25) is 11.6 Å². The van der Waals surface area contributed by atoms with E-state index in [2.05, 4.69) is 31.9 Å². The SMILES string of the molecule is Cc1ccccc1C(=O)c1sc2cc(CO)ccc2c1-c1ccc(Br)cc1.Cc1ccccc1C(=O)c1sc2cc(O)ccc2c1-c1ccc(Br)cc1. The van der Waals surface area contributed by atoms with Crippen LogP contribution in [-0.2, 0) is 6.61 Å². The third-order valence-corrected chi connectivity index (χ3v) is 12.4. The lowest BCUT2D eigenvalue weighted by Crippen LogP contribution is -2.02. The topological polar surface area (TPSA) is 74.6 Å². The summed E-state index contributed by atoms with van der Waals surface area (Å²) in [7, 11) is 0. The fourth-order valence-electron chi connectivity index (χ4n) is 6.35. The molecule has 0 bridgehead atoms. The number of phenols is 1. The number of phenolic OH excluding ortho intramolecular Hbond substituents is 1. The first-order valence-electron chi connectivity index (χ1n) is 16.8. The lowest BCUT2D eigenvalue weighted by atomic mass is 9.96. The molecule has 2 N–H and O–H groups in total. The van der Waals surface area contributed by atoms with Crippen LogP contribution in [0.5, 0.6) is 5.75 Å². The van der Waals surface area contributed by atoms with E-state index in [1.54, 1.807) is 12.1 Å². The van der Waals surface area contributed by atoms with Crippen molar-refractivity contribution in [2.75, 3.05) is 0 Å². The summed E-state index contributed by atoms with van der Waals surface area (Å²) in [6.07, 6.45) is 0. The summed E-state index contributed by atoms with van der Waals surface area (Å²) in [5.41, 5.74) is 8.09. The average molecular weight is 861 g/mol. The first-order valence-corrected chi connectivity index (χ1v) is 20.0. The Morgan fingerprint density at radius 3 is 1.45 bits per heavy atom. The Hall–Kier alpha value is -4.70. The first kappa shape index (κ1) is 36.6. The van der Waals surface area contributed by atoms with Gasteiger partial charge in [0.15, 0.2) is 0 Å². The van der Waals surface area contributed by atoms with Crippen molar-refractivity contribution in [2.45, 2.75) is 20.5 Å². The fourth-order valence-corrected chi connectivity index (χ4v) is 9.33. The van der Waals surface area contributed by atoms with Gasteiger partial charge in [-0.2, -0.15) is 0 Å². The molecule has 6 aromatic carbocycles. The van der Waals surface area contributed by atoms with Gasteiger partial charge in [0.25, 0.3) is 0 Å². The first-order chi connectivity index (χ1) is 25.6. The molecule has 4 nitrogen and oxygen atoms in total. The molecule has 0 unspecified atom stereocenters. The molecule has 0 radical (unpaired) electrons. The maximum Gasteiger partial charge on any atom is 0.203 e. The maximum atomic E-state index is 13.4. The average Bonchev–Trinajstić information content (AvgIpc) is 3.74. The van der Waals surface area contributed by atoms with E-state index in [-0.39, 0.29) is 23.9 Å². The number of aromatic hydroxyl groups is 1. The van der Waals surface area contributed by atoms with E-state index in [1.807, 2.05) is 135 Å². The van der Waals surface area contributed by atoms with Crippen LogP contribution in [0.3, 0.4) is 0 Å². The van der Waals surface area contributed by atoms with Crippen molar-refractivity contribution in [3.05, 3.63) is 180 Å². The predicted molar refractivity (Wildman–Crippen MR) is 227 cm³/mol. The van der Waals surface area contributed by atoms with Gasteiger partial charge >= 0.3 is 0 Å². The summed E-state index contributed by atoms with van der Waals surface area (Å²) in [4.78, 5) is 28.2. The van der Waals surface area contributed by atoms with E-state index in [0.29, 0.717) is 10.4 Å². The number of halogens is 2. The molecule has 53 heavy (non-hydrogen) atoms. The zero-order valence-electron chi connectivity index (χ0n) is 28.7. The summed E-state index contributed by atoms with van der Waals surface area (Å²) in [5.74, 6) is 0.260. The molecule has 0 aliphatic carbocycles. The second-order valence-corrected chi connectivity index (χ2v) is 16.5. The number of fused-ring (bicyclic) bond motifs is 2. The number of ketones is 2. The Kier molecular flexibility index (Phi) is 10.9. The quantitative estimate of drug-likeness (QED) is 0.157. The lowest BCUT2D eigenvalue weighted by Gasteiger charge is -2.07. The van der Waals surface area contributed by atoms with Gasteiger partial charge in [-0.05, 0) is 90.2 Å². The molecule has 0 aliphatic heterocycles. The number of benzene rings is 6. The number of hydrogen-bond acceptors (Lipinski definition) is 6. The number of carbonyl (C=O) groups is 2. The van der Waals surface area contributed by atoms with E-state index >= 15 is 0 Å². The molecule has 2 heterocycles. The Morgan fingerprint density at radius 2 is 1.00 bits per heavy atom. The minimum absolute atomic E-state index is 0.0114. The van der Waals surface area contributed by atoms with Gasteiger partial charge in [-0.1, -0.05) is 117 Å². The predicted octanol–water partition coefficient (Wildman–Crippen LogP) is 12.9. The zero-order chi connectivity index (χ0) is 37.2. The van der Waals surface area contributed by atoms with Gasteiger partial charge in [-0.15, -0.1) is 22.7 Å². The van der Waals surface area contributed by atoms with Crippen molar-refractivity contribution >= 4 is 86.3 Å². The van der Waals surface area contributed by atoms with Crippen LogP contribution in [0.15, 0.2) is 142 Å². The van der Waals surface area contributed by atoms with Crippen LogP contribution in [-0.4, -0.2) is 21.8 Å². The molecule has 0 spiro atoms. The molecular weight excluding hydrogens is 828 g/mol. The number of aryl methyl sites for hydroxylation is 2. The summed E-state index contributed by atoms with van der Waals surface area (Å²) in [6, 6.07) is 42.5. The third-order valence-electron chi connectivity index (χ3n) is 9.07. The monoisotopic (exact) mass is 858 g/mol. The maximum absolute atomic E-state index is 13.4. The molecular formula is C45H32Br2O4S2.